The maximum atomic E-state index is 13.2. The second-order valence-electron chi connectivity index (χ2n) is 6.62. The molecule has 0 aliphatic carbocycles. The fourth-order valence-corrected chi connectivity index (χ4v) is 3.24. The lowest BCUT2D eigenvalue weighted by molar-refractivity contribution is 0.0784. The zero-order chi connectivity index (χ0) is 19.7. The molecule has 140 valence electrons. The van der Waals surface area contributed by atoms with Gasteiger partial charge in [-0.1, -0.05) is 0 Å². The van der Waals surface area contributed by atoms with Crippen LogP contribution in [0.15, 0.2) is 30.5 Å². The number of nitrogens with zero attached hydrogens (tertiary/aromatic N) is 2. The van der Waals surface area contributed by atoms with E-state index in [0.717, 1.165) is 16.8 Å². The van der Waals surface area contributed by atoms with Crippen molar-refractivity contribution in [2.45, 2.75) is 27.3 Å². The number of amides is 1. The third-order valence-electron chi connectivity index (χ3n) is 4.61. The summed E-state index contributed by atoms with van der Waals surface area (Å²) in [5.74, 6) is -0.600. The van der Waals surface area contributed by atoms with Crippen molar-refractivity contribution >= 4 is 11.7 Å². The van der Waals surface area contributed by atoms with Crippen molar-refractivity contribution in [3.63, 3.8) is 0 Å². The largest absolute Gasteiger partial charge is 0.355 e. The Hall–Kier alpha value is -3.22. The van der Waals surface area contributed by atoms with E-state index in [1.165, 1.54) is 19.1 Å². The lowest BCUT2D eigenvalue weighted by atomic mass is 10.1. The Labute approximate surface area is 156 Å². The third-order valence-corrected chi connectivity index (χ3v) is 4.61. The summed E-state index contributed by atoms with van der Waals surface area (Å²) in [7, 11) is 1.70. The molecule has 7 heteroatoms. The van der Waals surface area contributed by atoms with E-state index >= 15 is 0 Å². The first kappa shape index (κ1) is 18.6. The summed E-state index contributed by atoms with van der Waals surface area (Å²) >= 11 is 0. The molecule has 0 spiro atoms. The molecule has 0 aliphatic rings. The molecule has 0 unspecified atom stereocenters. The van der Waals surface area contributed by atoms with Crippen LogP contribution >= 0.6 is 0 Å². The number of halogens is 1. The highest BCUT2D eigenvalue weighted by Crippen LogP contribution is 2.24. The molecule has 2 aromatic heterocycles. The van der Waals surface area contributed by atoms with E-state index in [4.69, 9.17) is 0 Å². The first-order valence-electron chi connectivity index (χ1n) is 8.53. The molecule has 1 aromatic carbocycles. The van der Waals surface area contributed by atoms with Gasteiger partial charge in [0.05, 0.1) is 23.1 Å². The Morgan fingerprint density at radius 2 is 1.85 bits per heavy atom. The average Bonchev–Trinajstić information content (AvgIpc) is 3.19. The van der Waals surface area contributed by atoms with Crippen LogP contribution in [-0.2, 0) is 6.54 Å². The van der Waals surface area contributed by atoms with Crippen molar-refractivity contribution < 1.29 is 14.0 Å². The highest BCUT2D eigenvalue weighted by atomic mass is 19.1. The van der Waals surface area contributed by atoms with Crippen molar-refractivity contribution in [1.82, 2.24) is 20.1 Å². The zero-order valence-corrected chi connectivity index (χ0v) is 15.7. The van der Waals surface area contributed by atoms with Crippen LogP contribution in [0.25, 0.3) is 11.3 Å². The Morgan fingerprint density at radius 1 is 1.19 bits per heavy atom. The smallest absolute Gasteiger partial charge is 0.256 e. The number of hydrogen-bond acceptors (Lipinski definition) is 3. The second-order valence-corrected chi connectivity index (χ2v) is 6.62. The number of nitrogens with one attached hydrogen (secondary N) is 2. The van der Waals surface area contributed by atoms with Gasteiger partial charge in [-0.05, 0) is 43.7 Å². The number of aromatic amines is 2. The molecule has 1 amide bonds. The van der Waals surface area contributed by atoms with Gasteiger partial charge in [-0.15, -0.1) is 0 Å². The normalized spacial score (nSPS) is 10.9. The molecular formula is C20H21FN4O2. The second kappa shape index (κ2) is 7.19. The topological polar surface area (TPSA) is 81.8 Å². The molecule has 27 heavy (non-hydrogen) atoms. The number of aromatic nitrogens is 3. The number of Topliss-reactive ketones (excluding diaryl/α,β-unsaturated/α-hetero) is 1. The molecule has 2 N–H and O–H groups in total. The molecule has 0 atom stereocenters. The number of aryl methyl sites for hydroxylation is 1. The molecule has 3 rings (SSSR count). The number of benzene rings is 1. The van der Waals surface area contributed by atoms with E-state index in [1.54, 1.807) is 44.1 Å². The van der Waals surface area contributed by atoms with Gasteiger partial charge in [-0.2, -0.15) is 5.10 Å². The predicted octanol–water partition coefficient (Wildman–Crippen LogP) is 3.64. The number of ketones is 1. The van der Waals surface area contributed by atoms with Gasteiger partial charge in [0, 0.05) is 37.3 Å². The lowest BCUT2D eigenvalue weighted by Gasteiger charge is -2.18. The van der Waals surface area contributed by atoms with Crippen LogP contribution in [0, 0.1) is 19.7 Å². The molecule has 0 saturated carbocycles. The summed E-state index contributed by atoms with van der Waals surface area (Å²) in [6.07, 6.45) is 1.65. The average molecular weight is 368 g/mol. The van der Waals surface area contributed by atoms with Crippen LogP contribution < -0.4 is 0 Å². The third kappa shape index (κ3) is 3.53. The number of rotatable bonds is 5. The standard InChI is InChI=1S/C20H21FN4O2/c1-11-17(12(2)23-18(11)13(3)26)20(27)25(4)10-15-9-22-24-19(15)14-5-7-16(21)8-6-14/h5-9,23H,10H2,1-4H3,(H,22,24). The Kier molecular flexibility index (Phi) is 4.94. The summed E-state index contributed by atoms with van der Waals surface area (Å²) in [4.78, 5) is 29.2. The van der Waals surface area contributed by atoms with E-state index in [1.807, 2.05) is 0 Å². The Morgan fingerprint density at radius 3 is 2.44 bits per heavy atom. The minimum absolute atomic E-state index is 0.106. The van der Waals surface area contributed by atoms with E-state index in [9.17, 15) is 14.0 Å². The first-order chi connectivity index (χ1) is 12.8. The minimum Gasteiger partial charge on any atom is -0.355 e. The number of hydrogen-bond donors (Lipinski definition) is 2. The lowest BCUT2D eigenvalue weighted by Crippen LogP contribution is -2.27. The monoisotopic (exact) mass is 368 g/mol. The predicted molar refractivity (Wildman–Crippen MR) is 100 cm³/mol. The van der Waals surface area contributed by atoms with Gasteiger partial charge in [0.2, 0.25) is 0 Å². The van der Waals surface area contributed by atoms with Crippen molar-refractivity contribution in [2.75, 3.05) is 7.05 Å². The maximum Gasteiger partial charge on any atom is 0.256 e. The van der Waals surface area contributed by atoms with Gasteiger partial charge in [0.25, 0.3) is 5.91 Å². The molecule has 0 bridgehead atoms. The van der Waals surface area contributed by atoms with Crippen LogP contribution in [-0.4, -0.2) is 38.8 Å². The highest BCUT2D eigenvalue weighted by molar-refractivity contribution is 6.02. The van der Waals surface area contributed by atoms with Gasteiger partial charge in [-0.25, -0.2) is 4.39 Å². The van der Waals surface area contributed by atoms with E-state index in [0.29, 0.717) is 29.1 Å². The zero-order valence-electron chi connectivity index (χ0n) is 15.7. The van der Waals surface area contributed by atoms with E-state index in [-0.39, 0.29) is 17.5 Å². The number of H-pyrrole nitrogens is 2. The van der Waals surface area contributed by atoms with Crippen LogP contribution in [0.3, 0.4) is 0 Å². The first-order valence-corrected chi connectivity index (χ1v) is 8.53. The van der Waals surface area contributed by atoms with Crippen molar-refractivity contribution in [2.24, 2.45) is 0 Å². The van der Waals surface area contributed by atoms with Gasteiger partial charge in [0.15, 0.2) is 5.78 Å². The molecule has 2 heterocycles. The van der Waals surface area contributed by atoms with E-state index < -0.39 is 0 Å². The number of carbonyl (C=O) groups is 2. The van der Waals surface area contributed by atoms with E-state index in [2.05, 4.69) is 15.2 Å². The highest BCUT2D eigenvalue weighted by Gasteiger charge is 2.23. The van der Waals surface area contributed by atoms with Crippen molar-refractivity contribution in [3.8, 4) is 11.3 Å². The summed E-state index contributed by atoms with van der Waals surface area (Å²) < 4.78 is 13.2. The summed E-state index contributed by atoms with van der Waals surface area (Å²) in [5.41, 5.74) is 4.63. The van der Waals surface area contributed by atoms with Gasteiger partial charge in [-0.3, -0.25) is 14.7 Å². The van der Waals surface area contributed by atoms with Gasteiger partial charge >= 0.3 is 0 Å². The molecule has 0 saturated heterocycles. The Bertz CT molecular complexity index is 1000. The van der Waals surface area contributed by atoms with Gasteiger partial charge in [0.1, 0.15) is 5.82 Å². The molecule has 3 aromatic rings. The van der Waals surface area contributed by atoms with Crippen LogP contribution in [0.5, 0.6) is 0 Å². The quantitative estimate of drug-likeness (QED) is 0.675. The molecule has 6 nitrogen and oxygen atoms in total. The number of carbonyl (C=O) groups excluding carboxylic acids is 2. The van der Waals surface area contributed by atoms with Crippen molar-refractivity contribution in [3.05, 3.63) is 64.4 Å². The molecular weight excluding hydrogens is 347 g/mol. The molecule has 0 fully saturated rings. The van der Waals surface area contributed by atoms with Crippen molar-refractivity contribution in [1.29, 1.82) is 0 Å². The summed E-state index contributed by atoms with van der Waals surface area (Å²) in [6.45, 7) is 5.34. The van der Waals surface area contributed by atoms with Crippen LogP contribution in [0.2, 0.25) is 0 Å². The summed E-state index contributed by atoms with van der Waals surface area (Å²) in [6, 6.07) is 6.08. The SMILES string of the molecule is CC(=O)c1[nH]c(C)c(C(=O)N(C)Cc2cn[nH]c2-c2ccc(F)cc2)c1C. The van der Waals surface area contributed by atoms with Crippen LogP contribution in [0.1, 0.15) is 44.6 Å². The molecule has 0 aliphatic heterocycles. The maximum absolute atomic E-state index is 13.2. The summed E-state index contributed by atoms with van der Waals surface area (Å²) in [5, 5.41) is 6.97. The minimum atomic E-state index is -0.313. The van der Waals surface area contributed by atoms with Crippen LogP contribution in [0.4, 0.5) is 4.39 Å². The van der Waals surface area contributed by atoms with Gasteiger partial charge < -0.3 is 9.88 Å². The fraction of sp³-hybridized carbons (Fsp3) is 0.250. The Balaban J connectivity index is 1.86. The fourth-order valence-electron chi connectivity index (χ4n) is 3.24. The molecule has 0 radical (unpaired) electrons.